The van der Waals surface area contributed by atoms with Crippen LogP contribution in [0.25, 0.3) is 6.08 Å². The molecule has 0 aromatic heterocycles. The van der Waals surface area contributed by atoms with Crippen molar-refractivity contribution in [3.8, 4) is 11.5 Å². The Morgan fingerprint density at radius 2 is 1.70 bits per heavy atom. The van der Waals surface area contributed by atoms with E-state index in [1.165, 1.54) is 13.2 Å². The van der Waals surface area contributed by atoms with Crippen LogP contribution in [0.1, 0.15) is 16.7 Å². The molecule has 3 aromatic rings. The summed E-state index contributed by atoms with van der Waals surface area (Å²) in [4.78, 5) is 38.6. The van der Waals surface area contributed by atoms with Crippen LogP contribution in [0.3, 0.4) is 0 Å². The summed E-state index contributed by atoms with van der Waals surface area (Å²) >= 11 is 0. The molecule has 1 heterocycles. The maximum atomic E-state index is 13.0. The molecule has 3 aromatic carbocycles. The first-order valence-corrected chi connectivity index (χ1v) is 10.3. The highest BCUT2D eigenvalue weighted by Gasteiger charge is 2.36. The van der Waals surface area contributed by atoms with Crippen molar-refractivity contribution < 1.29 is 23.9 Å². The van der Waals surface area contributed by atoms with E-state index in [0.717, 1.165) is 16.0 Å². The average Bonchev–Trinajstić information content (AvgIpc) is 2.81. The summed E-state index contributed by atoms with van der Waals surface area (Å²) in [5.41, 5.74) is 2.93. The molecule has 0 spiro atoms. The first-order chi connectivity index (χ1) is 16.0. The molecule has 0 unspecified atom stereocenters. The van der Waals surface area contributed by atoms with Crippen molar-refractivity contribution in [1.82, 2.24) is 5.32 Å². The number of hydrogen-bond acceptors (Lipinski definition) is 5. The van der Waals surface area contributed by atoms with Gasteiger partial charge in [-0.25, -0.2) is 9.69 Å². The number of aryl methyl sites for hydroxylation is 1. The van der Waals surface area contributed by atoms with E-state index < -0.39 is 17.8 Å². The lowest BCUT2D eigenvalue weighted by molar-refractivity contribution is -0.122. The van der Waals surface area contributed by atoms with Gasteiger partial charge < -0.3 is 9.47 Å². The van der Waals surface area contributed by atoms with Gasteiger partial charge in [0.05, 0.1) is 12.8 Å². The maximum Gasteiger partial charge on any atom is 0.335 e. The summed E-state index contributed by atoms with van der Waals surface area (Å²) in [6.07, 6.45) is 1.42. The molecule has 4 amide bonds. The van der Waals surface area contributed by atoms with E-state index in [1.54, 1.807) is 48.5 Å². The van der Waals surface area contributed by atoms with Gasteiger partial charge in [-0.15, -0.1) is 0 Å². The Balaban J connectivity index is 1.59. The van der Waals surface area contributed by atoms with E-state index in [0.29, 0.717) is 29.4 Å². The summed E-state index contributed by atoms with van der Waals surface area (Å²) in [6.45, 7) is 2.38. The number of urea groups is 1. The number of carbonyl (C=O) groups is 3. The predicted octanol–water partition coefficient (Wildman–Crippen LogP) is 4.25. The van der Waals surface area contributed by atoms with E-state index >= 15 is 0 Å². The van der Waals surface area contributed by atoms with Crippen molar-refractivity contribution >= 4 is 29.6 Å². The first-order valence-electron chi connectivity index (χ1n) is 10.3. The Kier molecular flexibility index (Phi) is 6.22. The second-order valence-electron chi connectivity index (χ2n) is 7.48. The molecule has 1 aliphatic rings. The van der Waals surface area contributed by atoms with Crippen molar-refractivity contribution in [2.24, 2.45) is 0 Å². The second-order valence-corrected chi connectivity index (χ2v) is 7.48. The standard InChI is InChI=1S/C26H22N2O5/c1-17-7-6-8-19(13-17)16-33-22-12-11-18(15-23(22)32-2)14-21-24(29)27-26(31)28(25(21)30)20-9-4-3-5-10-20/h3-15H,16H2,1-2H3,(H,27,29,31)/b21-14+. The molecule has 1 saturated heterocycles. The van der Waals surface area contributed by atoms with Crippen molar-refractivity contribution in [1.29, 1.82) is 0 Å². The van der Waals surface area contributed by atoms with Crippen LogP contribution in [-0.4, -0.2) is 25.0 Å². The minimum atomic E-state index is -0.786. The zero-order valence-electron chi connectivity index (χ0n) is 18.2. The molecular formula is C26H22N2O5. The van der Waals surface area contributed by atoms with Crippen LogP contribution < -0.4 is 19.7 Å². The molecule has 1 fully saturated rings. The average molecular weight is 442 g/mol. The van der Waals surface area contributed by atoms with Crippen LogP contribution in [0.4, 0.5) is 10.5 Å². The van der Waals surface area contributed by atoms with Crippen molar-refractivity contribution in [3.63, 3.8) is 0 Å². The third kappa shape index (κ3) is 4.77. The van der Waals surface area contributed by atoms with Crippen LogP contribution in [0.2, 0.25) is 0 Å². The normalized spacial score (nSPS) is 14.9. The Labute approximate surface area is 191 Å². The van der Waals surface area contributed by atoms with Crippen molar-refractivity contribution in [3.05, 3.63) is 95.1 Å². The Morgan fingerprint density at radius 3 is 2.42 bits per heavy atom. The molecule has 7 nitrogen and oxygen atoms in total. The number of ether oxygens (including phenoxy) is 2. The smallest absolute Gasteiger partial charge is 0.335 e. The Hall–Kier alpha value is -4.39. The molecule has 1 N–H and O–H groups in total. The van der Waals surface area contributed by atoms with Crippen molar-refractivity contribution in [2.45, 2.75) is 13.5 Å². The summed E-state index contributed by atoms with van der Waals surface area (Å²) < 4.78 is 11.3. The highest BCUT2D eigenvalue weighted by atomic mass is 16.5. The van der Waals surface area contributed by atoms with Crippen LogP contribution in [0, 0.1) is 6.92 Å². The number of methoxy groups -OCH3 is 1. The minimum absolute atomic E-state index is 0.158. The largest absolute Gasteiger partial charge is 0.493 e. The number of benzene rings is 3. The highest BCUT2D eigenvalue weighted by molar-refractivity contribution is 6.39. The SMILES string of the molecule is COc1cc(/C=C2\C(=O)NC(=O)N(c3ccccc3)C2=O)ccc1OCc1cccc(C)c1. The zero-order valence-corrected chi connectivity index (χ0v) is 18.2. The quantitative estimate of drug-likeness (QED) is 0.456. The number of rotatable bonds is 6. The number of nitrogens with one attached hydrogen (secondary N) is 1. The van der Waals surface area contributed by atoms with Gasteiger partial charge in [-0.1, -0.05) is 54.1 Å². The van der Waals surface area contributed by atoms with Crippen LogP contribution in [0.5, 0.6) is 11.5 Å². The second kappa shape index (κ2) is 9.40. The molecule has 166 valence electrons. The van der Waals surface area contributed by atoms with E-state index in [4.69, 9.17) is 9.47 Å². The van der Waals surface area contributed by atoms with Gasteiger partial charge in [-0.2, -0.15) is 0 Å². The van der Waals surface area contributed by atoms with Crippen LogP contribution in [0.15, 0.2) is 78.4 Å². The number of imide groups is 2. The Morgan fingerprint density at radius 1 is 0.909 bits per heavy atom. The molecule has 0 radical (unpaired) electrons. The first kappa shape index (κ1) is 21.8. The number of hydrogen-bond donors (Lipinski definition) is 1. The molecule has 0 atom stereocenters. The summed E-state index contributed by atoms with van der Waals surface area (Å²) in [6, 6.07) is 20.7. The number of carbonyl (C=O) groups excluding carboxylic acids is 3. The van der Waals surface area contributed by atoms with Crippen molar-refractivity contribution in [2.75, 3.05) is 12.0 Å². The topological polar surface area (TPSA) is 84.9 Å². The fraction of sp³-hybridized carbons (Fsp3) is 0.115. The van der Waals surface area contributed by atoms with E-state index in [9.17, 15) is 14.4 Å². The van der Waals surface area contributed by atoms with E-state index in [-0.39, 0.29) is 5.57 Å². The third-order valence-electron chi connectivity index (χ3n) is 5.09. The predicted molar refractivity (Wildman–Crippen MR) is 124 cm³/mol. The Bertz CT molecular complexity index is 1250. The number of barbiturate groups is 1. The molecule has 33 heavy (non-hydrogen) atoms. The lowest BCUT2D eigenvalue weighted by Crippen LogP contribution is -2.54. The molecule has 0 aliphatic carbocycles. The van der Waals surface area contributed by atoms with Gasteiger partial charge in [0, 0.05) is 0 Å². The van der Waals surface area contributed by atoms with Gasteiger partial charge in [0.15, 0.2) is 11.5 Å². The lowest BCUT2D eigenvalue weighted by atomic mass is 10.1. The summed E-state index contributed by atoms with van der Waals surface area (Å²) in [7, 11) is 1.51. The summed E-state index contributed by atoms with van der Waals surface area (Å²) in [5.74, 6) is -0.469. The number of amides is 4. The molecule has 0 bridgehead atoms. The molecule has 0 saturated carbocycles. The van der Waals surface area contributed by atoms with Crippen LogP contribution >= 0.6 is 0 Å². The van der Waals surface area contributed by atoms with E-state index in [2.05, 4.69) is 5.32 Å². The third-order valence-corrected chi connectivity index (χ3v) is 5.09. The van der Waals surface area contributed by atoms with Gasteiger partial charge in [-0.3, -0.25) is 14.9 Å². The fourth-order valence-electron chi connectivity index (χ4n) is 3.49. The zero-order chi connectivity index (χ0) is 23.4. The molecule has 4 rings (SSSR count). The number of nitrogens with zero attached hydrogens (tertiary/aromatic N) is 1. The minimum Gasteiger partial charge on any atom is -0.493 e. The van der Waals surface area contributed by atoms with Gasteiger partial charge in [0.1, 0.15) is 12.2 Å². The highest BCUT2D eigenvalue weighted by Crippen LogP contribution is 2.30. The fourth-order valence-corrected chi connectivity index (χ4v) is 3.49. The monoisotopic (exact) mass is 442 g/mol. The van der Waals surface area contributed by atoms with Gasteiger partial charge in [0.25, 0.3) is 11.8 Å². The van der Waals surface area contributed by atoms with Crippen LogP contribution in [-0.2, 0) is 16.2 Å². The van der Waals surface area contributed by atoms with Gasteiger partial charge >= 0.3 is 6.03 Å². The lowest BCUT2D eigenvalue weighted by Gasteiger charge is -2.26. The molecule has 1 aliphatic heterocycles. The van der Waals surface area contributed by atoms with Gasteiger partial charge in [-0.05, 0) is 48.4 Å². The van der Waals surface area contributed by atoms with E-state index in [1.807, 2.05) is 31.2 Å². The number of para-hydroxylation sites is 1. The molecule has 7 heteroatoms. The molecular weight excluding hydrogens is 420 g/mol. The van der Waals surface area contributed by atoms with Gasteiger partial charge in [0.2, 0.25) is 0 Å². The maximum absolute atomic E-state index is 13.0. The number of anilines is 1. The summed E-state index contributed by atoms with van der Waals surface area (Å²) in [5, 5.41) is 2.21.